The Kier molecular flexibility index (Phi) is 3.01. The van der Waals surface area contributed by atoms with E-state index in [2.05, 4.69) is 4.40 Å². The standard InChI is InChI=1S/C12H10N2O2S/c13-10-6-8-11(9-7-10)14-17(15,16)12-4-2-1-3-5-12/h1-9,13H. The Hall–Kier alpha value is -2.01. The van der Waals surface area contributed by atoms with Crippen LogP contribution < -0.4 is 0 Å². The van der Waals surface area contributed by atoms with Crippen LogP contribution in [0.4, 0.5) is 0 Å². The molecule has 0 bridgehead atoms. The lowest BCUT2D eigenvalue weighted by molar-refractivity contribution is 0.598. The van der Waals surface area contributed by atoms with Crippen LogP contribution in [0.25, 0.3) is 0 Å². The van der Waals surface area contributed by atoms with Gasteiger partial charge < -0.3 is 5.41 Å². The van der Waals surface area contributed by atoms with Crippen molar-refractivity contribution >= 4 is 21.4 Å². The Morgan fingerprint density at radius 2 is 1.53 bits per heavy atom. The predicted octanol–water partition coefficient (Wildman–Crippen LogP) is 1.96. The lowest BCUT2D eigenvalue weighted by atomic mass is 10.2. The van der Waals surface area contributed by atoms with Gasteiger partial charge in [0, 0.05) is 0 Å². The molecule has 0 spiro atoms. The van der Waals surface area contributed by atoms with Crippen molar-refractivity contribution in [1.82, 2.24) is 0 Å². The Labute approximate surface area is 99.6 Å². The van der Waals surface area contributed by atoms with Crippen molar-refractivity contribution in [3.8, 4) is 0 Å². The molecule has 0 aromatic heterocycles. The molecule has 0 amide bonds. The second kappa shape index (κ2) is 4.47. The number of sulfonamides is 1. The van der Waals surface area contributed by atoms with Gasteiger partial charge in [-0.3, -0.25) is 0 Å². The van der Waals surface area contributed by atoms with Gasteiger partial charge in [0.1, 0.15) is 0 Å². The van der Waals surface area contributed by atoms with Gasteiger partial charge in [-0.1, -0.05) is 18.2 Å². The van der Waals surface area contributed by atoms with Gasteiger partial charge in [-0.15, -0.1) is 0 Å². The maximum absolute atomic E-state index is 11.9. The summed E-state index contributed by atoms with van der Waals surface area (Å²) in [5, 5.41) is 7.30. The molecule has 0 atom stereocenters. The lowest BCUT2D eigenvalue weighted by Crippen LogP contribution is -2.04. The highest BCUT2D eigenvalue weighted by atomic mass is 32.2. The number of nitrogens with zero attached hydrogens (tertiary/aromatic N) is 1. The summed E-state index contributed by atoms with van der Waals surface area (Å²) in [6, 6.07) is 8.04. The van der Waals surface area contributed by atoms with Crippen LogP contribution in [-0.4, -0.2) is 19.8 Å². The van der Waals surface area contributed by atoms with Crippen LogP contribution in [0, 0.1) is 5.41 Å². The van der Waals surface area contributed by atoms with Gasteiger partial charge in [-0.25, -0.2) is 0 Å². The topological polar surface area (TPSA) is 70.3 Å². The average molecular weight is 246 g/mol. The number of benzene rings is 1. The molecule has 86 valence electrons. The van der Waals surface area contributed by atoms with Gasteiger partial charge in [0.05, 0.1) is 16.3 Å². The molecule has 1 aliphatic rings. The first kappa shape index (κ1) is 11.5. The quantitative estimate of drug-likeness (QED) is 0.810. The van der Waals surface area contributed by atoms with Crippen LogP contribution in [0.1, 0.15) is 0 Å². The van der Waals surface area contributed by atoms with Crippen molar-refractivity contribution in [2.24, 2.45) is 4.40 Å². The third kappa shape index (κ3) is 2.76. The summed E-state index contributed by atoms with van der Waals surface area (Å²) in [5.74, 6) is 0. The SMILES string of the molecule is N=C1C=CC(=NS(=O)(=O)c2ccccc2)C=C1. The van der Waals surface area contributed by atoms with Crippen molar-refractivity contribution in [3.63, 3.8) is 0 Å². The third-order valence-corrected chi connectivity index (χ3v) is 3.45. The summed E-state index contributed by atoms with van der Waals surface area (Å²) in [6.45, 7) is 0. The van der Waals surface area contributed by atoms with E-state index in [0.717, 1.165) is 0 Å². The van der Waals surface area contributed by atoms with Gasteiger partial charge in [-0.2, -0.15) is 12.8 Å². The molecule has 5 heteroatoms. The molecule has 0 saturated heterocycles. The van der Waals surface area contributed by atoms with E-state index in [-0.39, 0.29) is 4.90 Å². The molecule has 17 heavy (non-hydrogen) atoms. The lowest BCUT2D eigenvalue weighted by Gasteiger charge is -2.01. The number of hydrogen-bond acceptors (Lipinski definition) is 3. The maximum atomic E-state index is 11.9. The Balaban J connectivity index is 2.37. The molecule has 1 N–H and O–H groups in total. The molecule has 2 rings (SSSR count). The highest BCUT2D eigenvalue weighted by Crippen LogP contribution is 2.12. The minimum atomic E-state index is -3.66. The fourth-order valence-corrected chi connectivity index (χ4v) is 2.31. The molecule has 0 aliphatic heterocycles. The van der Waals surface area contributed by atoms with Crippen LogP contribution in [0.15, 0.2) is 63.9 Å². The van der Waals surface area contributed by atoms with Gasteiger partial charge in [-0.05, 0) is 36.4 Å². The summed E-state index contributed by atoms with van der Waals surface area (Å²) in [4.78, 5) is 0.162. The summed E-state index contributed by atoms with van der Waals surface area (Å²) >= 11 is 0. The third-order valence-electron chi connectivity index (χ3n) is 2.13. The molecule has 1 aromatic carbocycles. The van der Waals surface area contributed by atoms with Gasteiger partial charge in [0.15, 0.2) is 0 Å². The first-order chi connectivity index (χ1) is 8.08. The second-order valence-corrected chi connectivity index (χ2v) is 5.03. The minimum absolute atomic E-state index is 0.162. The average Bonchev–Trinajstić information content (AvgIpc) is 2.33. The summed E-state index contributed by atoms with van der Waals surface area (Å²) < 4.78 is 27.4. The van der Waals surface area contributed by atoms with E-state index < -0.39 is 10.0 Å². The molecule has 1 aliphatic carbocycles. The Morgan fingerprint density at radius 3 is 2.12 bits per heavy atom. The van der Waals surface area contributed by atoms with Gasteiger partial charge in [0.25, 0.3) is 10.0 Å². The van der Waals surface area contributed by atoms with E-state index >= 15 is 0 Å². The van der Waals surface area contributed by atoms with E-state index in [1.165, 1.54) is 36.4 Å². The highest BCUT2D eigenvalue weighted by molar-refractivity contribution is 7.90. The van der Waals surface area contributed by atoms with Crippen molar-refractivity contribution < 1.29 is 8.42 Å². The summed E-state index contributed by atoms with van der Waals surface area (Å²) in [6.07, 6.45) is 6.00. The smallest absolute Gasteiger partial charge is 0.282 e. The molecular formula is C12H10N2O2S. The first-order valence-corrected chi connectivity index (χ1v) is 6.37. The van der Waals surface area contributed by atoms with Crippen molar-refractivity contribution in [1.29, 1.82) is 5.41 Å². The normalized spacial score (nSPS) is 15.1. The van der Waals surface area contributed by atoms with Crippen LogP contribution in [0.2, 0.25) is 0 Å². The van der Waals surface area contributed by atoms with Crippen molar-refractivity contribution in [3.05, 3.63) is 54.6 Å². The largest absolute Gasteiger partial charge is 0.301 e. The first-order valence-electron chi connectivity index (χ1n) is 4.93. The molecule has 0 fully saturated rings. The van der Waals surface area contributed by atoms with E-state index in [9.17, 15) is 8.42 Å². The number of allylic oxidation sites excluding steroid dienone is 4. The van der Waals surface area contributed by atoms with E-state index in [4.69, 9.17) is 5.41 Å². The highest BCUT2D eigenvalue weighted by Gasteiger charge is 2.12. The van der Waals surface area contributed by atoms with Gasteiger partial charge in [0.2, 0.25) is 0 Å². The van der Waals surface area contributed by atoms with E-state index in [1.807, 2.05) is 0 Å². The predicted molar refractivity (Wildman–Crippen MR) is 67.1 cm³/mol. The number of rotatable bonds is 2. The van der Waals surface area contributed by atoms with Crippen molar-refractivity contribution in [2.45, 2.75) is 4.90 Å². The minimum Gasteiger partial charge on any atom is -0.301 e. The van der Waals surface area contributed by atoms with Crippen LogP contribution in [0.3, 0.4) is 0 Å². The molecular weight excluding hydrogens is 236 g/mol. The van der Waals surface area contributed by atoms with E-state index in [0.29, 0.717) is 11.4 Å². The number of hydrogen-bond donors (Lipinski definition) is 1. The number of nitrogens with one attached hydrogen (secondary N) is 1. The van der Waals surface area contributed by atoms with Gasteiger partial charge >= 0.3 is 0 Å². The molecule has 4 nitrogen and oxygen atoms in total. The molecule has 0 radical (unpaired) electrons. The molecule has 0 heterocycles. The zero-order valence-corrected chi connectivity index (χ0v) is 9.68. The zero-order valence-electron chi connectivity index (χ0n) is 8.87. The maximum Gasteiger partial charge on any atom is 0.282 e. The Morgan fingerprint density at radius 1 is 0.941 bits per heavy atom. The second-order valence-electron chi connectivity index (χ2n) is 3.43. The van der Waals surface area contributed by atoms with Crippen LogP contribution in [0.5, 0.6) is 0 Å². The summed E-state index contributed by atoms with van der Waals surface area (Å²) in [7, 11) is -3.66. The summed E-state index contributed by atoms with van der Waals surface area (Å²) in [5.41, 5.74) is 0.644. The van der Waals surface area contributed by atoms with E-state index in [1.54, 1.807) is 18.2 Å². The Bertz CT molecular complexity index is 608. The molecule has 0 saturated carbocycles. The fourth-order valence-electron chi connectivity index (χ4n) is 1.31. The van der Waals surface area contributed by atoms with Crippen LogP contribution >= 0.6 is 0 Å². The molecule has 1 aromatic rings. The fraction of sp³-hybridized carbons (Fsp3) is 0. The van der Waals surface area contributed by atoms with Crippen molar-refractivity contribution in [2.75, 3.05) is 0 Å². The van der Waals surface area contributed by atoms with Crippen LogP contribution in [-0.2, 0) is 10.0 Å². The molecule has 0 unspecified atom stereocenters. The monoisotopic (exact) mass is 246 g/mol. The zero-order chi connectivity index (χ0) is 12.3.